The summed E-state index contributed by atoms with van der Waals surface area (Å²) in [4.78, 5) is 3.58. The van der Waals surface area contributed by atoms with Crippen molar-refractivity contribution in [2.45, 2.75) is 12.5 Å². The summed E-state index contributed by atoms with van der Waals surface area (Å²) in [6.45, 7) is 1.65. The fraction of sp³-hybridized carbons (Fsp3) is 0.333. The number of aliphatic hydroxyl groups excluding tert-OH is 1. The minimum Gasteiger partial charge on any atom is -0.387 e. The van der Waals surface area contributed by atoms with E-state index in [1.54, 1.807) is 11.3 Å². The molecule has 1 unspecified atom stereocenters. The van der Waals surface area contributed by atoms with Gasteiger partial charge in [-0.1, -0.05) is 36.4 Å². The van der Waals surface area contributed by atoms with E-state index in [1.807, 2.05) is 30.3 Å². The number of aliphatic hydroxyl groups is 1. The average molecular weight is 261 g/mol. The van der Waals surface area contributed by atoms with Crippen LogP contribution in [0.2, 0.25) is 0 Å². The Morgan fingerprint density at radius 1 is 1.17 bits per heavy atom. The van der Waals surface area contributed by atoms with Gasteiger partial charge in [-0.2, -0.15) is 0 Å². The first-order valence-corrected chi connectivity index (χ1v) is 7.07. The first-order chi connectivity index (χ1) is 8.75. The summed E-state index contributed by atoms with van der Waals surface area (Å²) >= 11 is 1.79. The molecule has 2 nitrogen and oxygen atoms in total. The van der Waals surface area contributed by atoms with Gasteiger partial charge in [0.1, 0.15) is 0 Å². The molecule has 3 heteroatoms. The molecule has 18 heavy (non-hydrogen) atoms. The lowest BCUT2D eigenvalue weighted by molar-refractivity contribution is 0.127. The van der Waals surface area contributed by atoms with Crippen molar-refractivity contribution in [3.63, 3.8) is 0 Å². The smallest absolute Gasteiger partial charge is 0.0916 e. The zero-order chi connectivity index (χ0) is 12.8. The minimum absolute atomic E-state index is 0.403. The van der Waals surface area contributed by atoms with Crippen LogP contribution in [0, 0.1) is 0 Å². The van der Waals surface area contributed by atoms with Crippen molar-refractivity contribution in [2.24, 2.45) is 0 Å². The zero-order valence-corrected chi connectivity index (χ0v) is 11.4. The van der Waals surface area contributed by atoms with Crippen LogP contribution in [-0.2, 0) is 6.42 Å². The summed E-state index contributed by atoms with van der Waals surface area (Å²) in [5.41, 5.74) is 0.987. The van der Waals surface area contributed by atoms with E-state index >= 15 is 0 Å². The maximum atomic E-state index is 10.1. The topological polar surface area (TPSA) is 23.5 Å². The Hall–Kier alpha value is -1.16. The van der Waals surface area contributed by atoms with Gasteiger partial charge in [0.2, 0.25) is 0 Å². The number of thiophene rings is 1. The van der Waals surface area contributed by atoms with Crippen LogP contribution in [0.25, 0.3) is 0 Å². The number of rotatable bonds is 6. The normalized spacial score (nSPS) is 12.8. The quantitative estimate of drug-likeness (QED) is 0.864. The lowest BCUT2D eigenvalue weighted by Crippen LogP contribution is -2.26. The number of hydrogen-bond acceptors (Lipinski definition) is 3. The standard InChI is InChI=1S/C15H19NOS/c1-16(10-9-14-8-5-11-18-14)12-15(17)13-6-3-2-4-7-13/h2-8,11,15,17H,9-10,12H2,1H3. The van der Waals surface area contributed by atoms with Crippen molar-refractivity contribution in [2.75, 3.05) is 20.1 Å². The summed E-state index contributed by atoms with van der Waals surface area (Å²) < 4.78 is 0. The Balaban J connectivity index is 1.78. The van der Waals surface area contributed by atoms with Crippen molar-refractivity contribution in [3.8, 4) is 0 Å². The SMILES string of the molecule is CN(CCc1cccs1)CC(O)c1ccccc1. The highest BCUT2D eigenvalue weighted by atomic mass is 32.1. The average Bonchev–Trinajstić information content (AvgIpc) is 2.90. The molecule has 1 aromatic carbocycles. The molecule has 0 saturated heterocycles. The minimum atomic E-state index is -0.403. The van der Waals surface area contributed by atoms with Crippen LogP contribution in [-0.4, -0.2) is 30.1 Å². The molecule has 0 bridgehead atoms. The fourth-order valence-corrected chi connectivity index (χ4v) is 2.62. The second kappa shape index (κ2) is 6.69. The third-order valence-electron chi connectivity index (χ3n) is 2.99. The molecule has 0 aliphatic carbocycles. The van der Waals surface area contributed by atoms with E-state index in [2.05, 4.69) is 29.5 Å². The fourth-order valence-electron chi connectivity index (χ4n) is 1.92. The maximum Gasteiger partial charge on any atom is 0.0916 e. The summed E-state index contributed by atoms with van der Waals surface area (Å²) in [6, 6.07) is 14.1. The molecule has 0 aliphatic rings. The Labute approximate surface area is 113 Å². The molecule has 0 radical (unpaired) electrons. The third-order valence-corrected chi connectivity index (χ3v) is 3.93. The van der Waals surface area contributed by atoms with Gasteiger partial charge in [-0.15, -0.1) is 11.3 Å². The second-order valence-electron chi connectivity index (χ2n) is 4.52. The van der Waals surface area contributed by atoms with Crippen molar-refractivity contribution in [1.29, 1.82) is 0 Å². The lowest BCUT2D eigenvalue weighted by Gasteiger charge is -2.20. The van der Waals surface area contributed by atoms with Crippen molar-refractivity contribution >= 4 is 11.3 Å². The summed E-state index contributed by atoms with van der Waals surface area (Å²) in [5.74, 6) is 0. The molecular weight excluding hydrogens is 242 g/mol. The third kappa shape index (κ3) is 3.95. The van der Waals surface area contributed by atoms with Crippen molar-refractivity contribution in [3.05, 3.63) is 58.3 Å². The van der Waals surface area contributed by atoms with Crippen LogP contribution in [0.15, 0.2) is 47.8 Å². The Bertz CT molecular complexity index is 441. The maximum absolute atomic E-state index is 10.1. The molecule has 1 atom stereocenters. The molecule has 2 aromatic rings. The van der Waals surface area contributed by atoms with E-state index in [-0.39, 0.29) is 0 Å². The Morgan fingerprint density at radius 2 is 1.94 bits per heavy atom. The van der Waals surface area contributed by atoms with E-state index in [9.17, 15) is 5.11 Å². The van der Waals surface area contributed by atoms with Crippen molar-refractivity contribution in [1.82, 2.24) is 4.90 Å². The largest absolute Gasteiger partial charge is 0.387 e. The highest BCUT2D eigenvalue weighted by molar-refractivity contribution is 7.09. The Kier molecular flexibility index (Phi) is 4.93. The first-order valence-electron chi connectivity index (χ1n) is 6.19. The van der Waals surface area contributed by atoms with Gasteiger partial charge in [0.25, 0.3) is 0 Å². The number of likely N-dealkylation sites (N-methyl/N-ethyl adjacent to an activating group) is 1. The molecule has 0 saturated carbocycles. The molecule has 1 N–H and O–H groups in total. The van der Waals surface area contributed by atoms with Gasteiger partial charge in [0.05, 0.1) is 6.10 Å². The highest BCUT2D eigenvalue weighted by Crippen LogP contribution is 2.14. The van der Waals surface area contributed by atoms with Gasteiger partial charge in [0, 0.05) is 18.0 Å². The van der Waals surface area contributed by atoms with E-state index in [0.29, 0.717) is 6.54 Å². The summed E-state index contributed by atoms with van der Waals surface area (Å²) in [5, 5.41) is 12.2. The lowest BCUT2D eigenvalue weighted by atomic mass is 10.1. The zero-order valence-electron chi connectivity index (χ0n) is 10.6. The first kappa shape index (κ1) is 13.3. The van der Waals surface area contributed by atoms with Crippen LogP contribution in [0.4, 0.5) is 0 Å². The van der Waals surface area contributed by atoms with Crippen LogP contribution in [0.3, 0.4) is 0 Å². The van der Waals surface area contributed by atoms with Gasteiger partial charge in [0.15, 0.2) is 0 Å². The van der Waals surface area contributed by atoms with Gasteiger partial charge >= 0.3 is 0 Å². The summed E-state index contributed by atoms with van der Waals surface area (Å²) in [7, 11) is 2.06. The Morgan fingerprint density at radius 3 is 2.61 bits per heavy atom. The monoisotopic (exact) mass is 261 g/mol. The molecule has 1 heterocycles. The van der Waals surface area contributed by atoms with E-state index in [4.69, 9.17) is 0 Å². The van der Waals surface area contributed by atoms with Gasteiger partial charge in [-0.05, 0) is 30.5 Å². The number of benzene rings is 1. The van der Waals surface area contributed by atoms with Gasteiger partial charge in [-0.3, -0.25) is 0 Å². The van der Waals surface area contributed by atoms with E-state index in [1.165, 1.54) is 4.88 Å². The molecule has 0 spiro atoms. The predicted molar refractivity (Wildman–Crippen MR) is 76.9 cm³/mol. The molecule has 0 aliphatic heterocycles. The molecule has 0 amide bonds. The van der Waals surface area contributed by atoms with Crippen LogP contribution >= 0.6 is 11.3 Å². The number of hydrogen-bond donors (Lipinski definition) is 1. The number of nitrogens with zero attached hydrogens (tertiary/aromatic N) is 1. The van der Waals surface area contributed by atoms with Gasteiger partial charge < -0.3 is 10.0 Å². The van der Waals surface area contributed by atoms with Crippen molar-refractivity contribution < 1.29 is 5.11 Å². The molecule has 96 valence electrons. The van der Waals surface area contributed by atoms with Gasteiger partial charge in [-0.25, -0.2) is 0 Å². The molecule has 1 aromatic heterocycles. The predicted octanol–water partition coefficient (Wildman–Crippen LogP) is 2.96. The van der Waals surface area contributed by atoms with Crippen LogP contribution < -0.4 is 0 Å². The molecule has 0 fully saturated rings. The molecule has 2 rings (SSSR count). The second-order valence-corrected chi connectivity index (χ2v) is 5.55. The van der Waals surface area contributed by atoms with E-state index in [0.717, 1.165) is 18.5 Å². The molecular formula is C15H19NOS. The summed E-state index contributed by atoms with van der Waals surface area (Å²) in [6.07, 6.45) is 0.648. The highest BCUT2D eigenvalue weighted by Gasteiger charge is 2.10. The van der Waals surface area contributed by atoms with Crippen LogP contribution in [0.1, 0.15) is 16.5 Å². The van der Waals surface area contributed by atoms with Crippen LogP contribution in [0.5, 0.6) is 0 Å². The van der Waals surface area contributed by atoms with E-state index < -0.39 is 6.10 Å².